The van der Waals surface area contributed by atoms with Crippen LogP contribution in [-0.4, -0.2) is 17.5 Å². The molecule has 8 heteroatoms. The molecule has 37 heavy (non-hydrogen) atoms. The van der Waals surface area contributed by atoms with E-state index in [2.05, 4.69) is 5.32 Å². The Balaban J connectivity index is 1.46. The Kier molecular flexibility index (Phi) is 9.59. The first kappa shape index (κ1) is 27.2. The summed E-state index contributed by atoms with van der Waals surface area (Å²) in [4.78, 5) is 15.0. The Bertz CT molecular complexity index is 1350. The van der Waals surface area contributed by atoms with Gasteiger partial charge in [-0.25, -0.2) is 4.79 Å². The molecule has 4 aromatic carbocycles. The number of nitrogens with one attached hydrogen (secondary N) is 1. The highest BCUT2D eigenvalue weighted by Gasteiger charge is 2.17. The van der Waals surface area contributed by atoms with Gasteiger partial charge in [-0.2, -0.15) is 0 Å². The number of carbonyl (C=O) groups is 1. The second kappa shape index (κ2) is 13.1. The number of benzene rings is 4. The zero-order valence-corrected chi connectivity index (χ0v) is 22.8. The second-order valence-electron chi connectivity index (χ2n) is 8.38. The van der Waals surface area contributed by atoms with Crippen molar-refractivity contribution in [2.45, 2.75) is 19.6 Å². The molecule has 4 nitrogen and oxygen atoms in total. The van der Waals surface area contributed by atoms with Gasteiger partial charge >= 0.3 is 6.03 Å². The lowest BCUT2D eigenvalue weighted by atomic mass is 10.1. The fraction of sp³-hybridized carbons (Fsp3) is 0.138. The SMILES string of the molecule is O=C(Nc1ccc(Cl)cc1Cl)N(CCc1ccc(Cl)cc1Cl)Cc1ccc(OCc2ccccc2)cc1. The van der Waals surface area contributed by atoms with Crippen molar-refractivity contribution in [3.8, 4) is 5.75 Å². The van der Waals surface area contributed by atoms with Crippen LogP contribution in [0, 0.1) is 0 Å². The number of carbonyl (C=O) groups excluding carboxylic acids is 1. The minimum absolute atomic E-state index is 0.293. The van der Waals surface area contributed by atoms with Crippen LogP contribution in [0.15, 0.2) is 91.0 Å². The van der Waals surface area contributed by atoms with E-state index in [1.54, 1.807) is 35.2 Å². The third-order valence-corrected chi connectivity index (χ3v) is 6.81. The monoisotopic (exact) mass is 572 g/mol. The molecule has 0 aliphatic rings. The minimum Gasteiger partial charge on any atom is -0.489 e. The topological polar surface area (TPSA) is 41.6 Å². The third kappa shape index (κ3) is 8.05. The highest BCUT2D eigenvalue weighted by molar-refractivity contribution is 6.36. The van der Waals surface area contributed by atoms with Crippen LogP contribution in [-0.2, 0) is 19.6 Å². The zero-order chi connectivity index (χ0) is 26.2. The van der Waals surface area contributed by atoms with Gasteiger partial charge in [0.1, 0.15) is 12.4 Å². The van der Waals surface area contributed by atoms with E-state index in [0.29, 0.717) is 51.9 Å². The van der Waals surface area contributed by atoms with Gasteiger partial charge in [0.05, 0.1) is 10.7 Å². The molecule has 190 valence electrons. The van der Waals surface area contributed by atoms with Gasteiger partial charge in [-0.15, -0.1) is 0 Å². The van der Waals surface area contributed by atoms with Crippen molar-refractivity contribution >= 4 is 58.1 Å². The standard InChI is InChI=1S/C29H24Cl4N2O2/c30-23-9-8-22(26(32)16-23)14-15-35(29(36)34-28-13-10-24(31)17-27(28)33)18-20-6-11-25(12-7-20)37-19-21-4-2-1-3-5-21/h1-13,16-17H,14-15,18-19H2,(H,34,36). The molecule has 0 bridgehead atoms. The molecule has 0 aliphatic heterocycles. The maximum atomic E-state index is 13.3. The molecule has 0 atom stereocenters. The van der Waals surface area contributed by atoms with Crippen LogP contribution in [0.5, 0.6) is 5.75 Å². The fourth-order valence-corrected chi connectivity index (χ4v) is 4.63. The summed E-state index contributed by atoms with van der Waals surface area (Å²) in [6.45, 7) is 1.28. The molecule has 4 aromatic rings. The number of hydrogen-bond donors (Lipinski definition) is 1. The lowest BCUT2D eigenvalue weighted by Gasteiger charge is -2.24. The molecular formula is C29H24Cl4N2O2. The summed E-state index contributed by atoms with van der Waals surface area (Å²) in [6.07, 6.45) is 0.552. The van der Waals surface area contributed by atoms with E-state index in [4.69, 9.17) is 51.1 Å². The number of anilines is 1. The second-order valence-corrected chi connectivity index (χ2v) is 10.1. The lowest BCUT2D eigenvalue weighted by Crippen LogP contribution is -2.36. The van der Waals surface area contributed by atoms with Crippen LogP contribution in [0.3, 0.4) is 0 Å². The van der Waals surface area contributed by atoms with E-state index in [1.807, 2.05) is 60.7 Å². The van der Waals surface area contributed by atoms with Gasteiger partial charge in [0, 0.05) is 28.2 Å². The first-order valence-corrected chi connectivity index (χ1v) is 13.1. The lowest BCUT2D eigenvalue weighted by molar-refractivity contribution is 0.210. The molecule has 0 radical (unpaired) electrons. The predicted molar refractivity (Wildman–Crippen MR) is 153 cm³/mol. The Morgan fingerprint density at radius 3 is 2.11 bits per heavy atom. The molecule has 0 heterocycles. The first-order valence-electron chi connectivity index (χ1n) is 11.6. The molecule has 0 unspecified atom stereocenters. The van der Waals surface area contributed by atoms with E-state index >= 15 is 0 Å². The van der Waals surface area contributed by atoms with Crippen LogP contribution < -0.4 is 10.1 Å². The van der Waals surface area contributed by atoms with E-state index < -0.39 is 0 Å². The van der Waals surface area contributed by atoms with Gasteiger partial charge in [0.25, 0.3) is 0 Å². The molecule has 0 aromatic heterocycles. The number of amides is 2. The van der Waals surface area contributed by atoms with Crippen molar-refractivity contribution < 1.29 is 9.53 Å². The van der Waals surface area contributed by atoms with E-state index in [9.17, 15) is 4.79 Å². The summed E-state index contributed by atoms with van der Waals surface area (Å²) in [6, 6.07) is 27.7. The van der Waals surface area contributed by atoms with Crippen molar-refractivity contribution in [3.05, 3.63) is 128 Å². The molecule has 0 fully saturated rings. The molecule has 2 amide bonds. The Morgan fingerprint density at radius 1 is 0.757 bits per heavy atom. The fourth-order valence-electron chi connectivity index (χ4n) is 3.67. The summed E-state index contributed by atoms with van der Waals surface area (Å²) in [5.74, 6) is 0.754. The number of ether oxygens (including phenoxy) is 1. The molecule has 1 N–H and O–H groups in total. The normalized spacial score (nSPS) is 10.7. The van der Waals surface area contributed by atoms with Crippen LogP contribution >= 0.6 is 46.4 Å². The Hall–Kier alpha value is -2.89. The maximum absolute atomic E-state index is 13.3. The third-order valence-electron chi connectivity index (χ3n) is 5.67. The summed E-state index contributed by atoms with van der Waals surface area (Å²) < 4.78 is 5.89. The van der Waals surface area contributed by atoms with Gasteiger partial charge in [-0.05, 0) is 65.6 Å². The summed E-state index contributed by atoms with van der Waals surface area (Å²) in [5, 5.41) is 4.87. The van der Waals surface area contributed by atoms with Crippen molar-refractivity contribution in [2.75, 3.05) is 11.9 Å². The van der Waals surface area contributed by atoms with Crippen molar-refractivity contribution in [2.24, 2.45) is 0 Å². The maximum Gasteiger partial charge on any atom is 0.322 e. The number of urea groups is 1. The van der Waals surface area contributed by atoms with Crippen molar-refractivity contribution in [1.29, 1.82) is 0 Å². The summed E-state index contributed by atoms with van der Waals surface area (Å²) >= 11 is 24.7. The molecular weight excluding hydrogens is 550 g/mol. The van der Waals surface area contributed by atoms with Gasteiger partial charge in [0.2, 0.25) is 0 Å². The number of nitrogens with zero attached hydrogens (tertiary/aromatic N) is 1. The van der Waals surface area contributed by atoms with E-state index in [1.165, 1.54) is 0 Å². The predicted octanol–water partition coefficient (Wildman–Crippen LogP) is 9.16. The smallest absolute Gasteiger partial charge is 0.322 e. The quantitative estimate of drug-likeness (QED) is 0.217. The number of halogens is 4. The molecule has 0 spiro atoms. The molecule has 0 saturated heterocycles. The molecule has 4 rings (SSSR count). The largest absolute Gasteiger partial charge is 0.489 e. The van der Waals surface area contributed by atoms with Crippen LogP contribution in [0.2, 0.25) is 20.1 Å². The van der Waals surface area contributed by atoms with Crippen LogP contribution in [0.1, 0.15) is 16.7 Å². The van der Waals surface area contributed by atoms with Gasteiger partial charge < -0.3 is 15.0 Å². The highest BCUT2D eigenvalue weighted by Crippen LogP contribution is 2.26. The zero-order valence-electron chi connectivity index (χ0n) is 19.8. The first-order chi connectivity index (χ1) is 17.9. The van der Waals surface area contributed by atoms with Gasteiger partial charge in [0.15, 0.2) is 0 Å². The van der Waals surface area contributed by atoms with Crippen LogP contribution in [0.4, 0.5) is 10.5 Å². The average Bonchev–Trinajstić information content (AvgIpc) is 2.89. The van der Waals surface area contributed by atoms with E-state index in [0.717, 1.165) is 22.4 Å². The van der Waals surface area contributed by atoms with Crippen molar-refractivity contribution in [3.63, 3.8) is 0 Å². The van der Waals surface area contributed by atoms with E-state index in [-0.39, 0.29) is 6.03 Å². The Morgan fingerprint density at radius 2 is 1.43 bits per heavy atom. The molecule has 0 aliphatic carbocycles. The number of rotatable bonds is 9. The van der Waals surface area contributed by atoms with Crippen molar-refractivity contribution in [1.82, 2.24) is 4.90 Å². The summed E-state index contributed by atoms with van der Waals surface area (Å²) in [7, 11) is 0. The Labute approximate surface area is 236 Å². The summed E-state index contributed by atoms with van der Waals surface area (Å²) in [5.41, 5.74) is 3.43. The highest BCUT2D eigenvalue weighted by atomic mass is 35.5. The van der Waals surface area contributed by atoms with Gasteiger partial charge in [-0.1, -0.05) is 94.9 Å². The number of hydrogen-bond acceptors (Lipinski definition) is 2. The average molecular weight is 574 g/mol. The van der Waals surface area contributed by atoms with Gasteiger partial charge in [-0.3, -0.25) is 0 Å². The van der Waals surface area contributed by atoms with Crippen LogP contribution in [0.25, 0.3) is 0 Å². The molecule has 0 saturated carbocycles. The minimum atomic E-state index is -0.293.